The number of hydrogen-bond donors (Lipinski definition) is 1. The maximum atomic E-state index is 12.4. The fourth-order valence-electron chi connectivity index (χ4n) is 1.84. The number of nitrogens with one attached hydrogen (secondary N) is 1. The van der Waals surface area contributed by atoms with E-state index < -0.39 is 10.0 Å². The van der Waals surface area contributed by atoms with Crippen molar-refractivity contribution < 1.29 is 8.42 Å². The van der Waals surface area contributed by atoms with Gasteiger partial charge in [0.25, 0.3) is 10.0 Å². The van der Waals surface area contributed by atoms with Crippen LogP contribution in [0, 0.1) is 0 Å². The molecular formula is C13H8BrClN2O2S2. The first kappa shape index (κ1) is 14.8. The average Bonchev–Trinajstić information content (AvgIpc) is 2.80. The summed E-state index contributed by atoms with van der Waals surface area (Å²) in [5.41, 5.74) is 1.04. The number of fused-ring (bicyclic) bond motifs is 1. The molecule has 3 rings (SSSR count). The number of hydrogen-bond acceptors (Lipinski definition) is 4. The van der Waals surface area contributed by atoms with Crippen molar-refractivity contribution >= 4 is 65.5 Å². The van der Waals surface area contributed by atoms with E-state index in [1.54, 1.807) is 24.4 Å². The summed E-state index contributed by atoms with van der Waals surface area (Å²) in [6, 6.07) is 10.4. The van der Waals surface area contributed by atoms with Gasteiger partial charge in [0.15, 0.2) is 0 Å². The van der Waals surface area contributed by atoms with E-state index in [4.69, 9.17) is 11.6 Å². The number of thiophene rings is 1. The summed E-state index contributed by atoms with van der Waals surface area (Å²) in [6.07, 6.45) is 1.62. The third-order valence-electron chi connectivity index (χ3n) is 2.76. The van der Waals surface area contributed by atoms with Crippen LogP contribution in [0.4, 0.5) is 5.69 Å². The second-order valence-electron chi connectivity index (χ2n) is 4.17. The molecule has 0 saturated heterocycles. The summed E-state index contributed by atoms with van der Waals surface area (Å²) < 4.78 is 28.1. The first-order chi connectivity index (χ1) is 9.97. The highest BCUT2D eigenvalue weighted by Crippen LogP contribution is 2.35. The van der Waals surface area contributed by atoms with E-state index in [2.05, 4.69) is 25.6 Å². The standard InChI is InChI=1S/C13H8BrClN2O2S2/c14-13-9(15)7-11(20-13)21(18,19)17-10-5-1-3-8-4-2-6-16-12(8)10/h1-7,17H. The summed E-state index contributed by atoms with van der Waals surface area (Å²) in [6.45, 7) is 0. The second-order valence-corrected chi connectivity index (χ2v) is 8.86. The van der Waals surface area contributed by atoms with Crippen molar-refractivity contribution in [2.45, 2.75) is 4.21 Å². The number of sulfonamides is 1. The maximum absolute atomic E-state index is 12.4. The molecule has 0 aliphatic rings. The number of anilines is 1. The minimum Gasteiger partial charge on any atom is -0.277 e. The van der Waals surface area contributed by atoms with Gasteiger partial charge in [-0.05, 0) is 34.1 Å². The van der Waals surface area contributed by atoms with Crippen LogP contribution in [0.1, 0.15) is 0 Å². The molecule has 1 N–H and O–H groups in total. The molecule has 0 saturated carbocycles. The van der Waals surface area contributed by atoms with Gasteiger partial charge in [-0.3, -0.25) is 9.71 Å². The molecule has 0 spiro atoms. The first-order valence-electron chi connectivity index (χ1n) is 5.79. The van der Waals surface area contributed by atoms with Gasteiger partial charge in [-0.1, -0.05) is 29.8 Å². The highest BCUT2D eigenvalue weighted by Gasteiger charge is 2.20. The highest BCUT2D eigenvalue weighted by atomic mass is 79.9. The SMILES string of the molecule is O=S(=O)(Nc1cccc2cccnc12)c1cc(Cl)c(Br)s1. The van der Waals surface area contributed by atoms with Crippen molar-refractivity contribution in [3.63, 3.8) is 0 Å². The van der Waals surface area contributed by atoms with Crippen LogP contribution in [0.15, 0.2) is 50.6 Å². The minimum absolute atomic E-state index is 0.146. The van der Waals surface area contributed by atoms with Crippen LogP contribution in [0.25, 0.3) is 10.9 Å². The fraction of sp³-hybridized carbons (Fsp3) is 0. The third kappa shape index (κ3) is 2.91. The van der Waals surface area contributed by atoms with Crippen LogP contribution >= 0.6 is 38.9 Å². The van der Waals surface area contributed by atoms with Crippen LogP contribution < -0.4 is 4.72 Å². The van der Waals surface area contributed by atoms with Crippen LogP contribution in [0.3, 0.4) is 0 Å². The Morgan fingerprint density at radius 3 is 2.71 bits per heavy atom. The molecule has 0 aliphatic heterocycles. The van der Waals surface area contributed by atoms with Crippen molar-refractivity contribution in [3.05, 3.63) is 51.4 Å². The second kappa shape index (κ2) is 5.57. The average molecular weight is 404 g/mol. The number of benzene rings is 1. The normalized spacial score (nSPS) is 11.7. The fourth-order valence-corrected chi connectivity index (χ4v) is 5.31. The number of halogens is 2. The maximum Gasteiger partial charge on any atom is 0.271 e. The van der Waals surface area contributed by atoms with E-state index in [1.807, 2.05) is 12.1 Å². The highest BCUT2D eigenvalue weighted by molar-refractivity contribution is 9.11. The van der Waals surface area contributed by atoms with Crippen molar-refractivity contribution in [1.82, 2.24) is 4.98 Å². The summed E-state index contributed by atoms with van der Waals surface area (Å²) in [7, 11) is -3.69. The molecule has 0 atom stereocenters. The predicted molar refractivity (Wildman–Crippen MR) is 89.6 cm³/mol. The monoisotopic (exact) mass is 402 g/mol. The molecule has 8 heteroatoms. The lowest BCUT2D eigenvalue weighted by atomic mass is 10.2. The predicted octanol–water partition coefficient (Wildman–Crippen LogP) is 4.51. The molecule has 21 heavy (non-hydrogen) atoms. The molecule has 0 fully saturated rings. The number of para-hydroxylation sites is 1. The molecular weight excluding hydrogens is 396 g/mol. The first-order valence-corrected chi connectivity index (χ1v) is 9.26. The molecule has 4 nitrogen and oxygen atoms in total. The van der Waals surface area contributed by atoms with Gasteiger partial charge in [0.2, 0.25) is 0 Å². The summed E-state index contributed by atoms with van der Waals surface area (Å²) in [5, 5.41) is 1.24. The zero-order chi connectivity index (χ0) is 15.0. The van der Waals surface area contributed by atoms with Gasteiger partial charge < -0.3 is 0 Å². The zero-order valence-corrected chi connectivity index (χ0v) is 14.4. The van der Waals surface area contributed by atoms with Crippen molar-refractivity contribution in [2.75, 3.05) is 4.72 Å². The molecule has 2 aromatic heterocycles. The van der Waals surface area contributed by atoms with E-state index >= 15 is 0 Å². The molecule has 0 amide bonds. The van der Waals surface area contributed by atoms with Crippen molar-refractivity contribution in [2.24, 2.45) is 0 Å². The number of aromatic nitrogens is 1. The zero-order valence-electron chi connectivity index (χ0n) is 10.4. The van der Waals surface area contributed by atoms with Crippen LogP contribution in [-0.2, 0) is 10.0 Å². The van der Waals surface area contributed by atoms with Gasteiger partial charge in [0, 0.05) is 11.6 Å². The quantitative estimate of drug-likeness (QED) is 0.700. The Balaban J connectivity index is 2.05. The van der Waals surface area contributed by atoms with Crippen LogP contribution in [0.5, 0.6) is 0 Å². The van der Waals surface area contributed by atoms with E-state index in [9.17, 15) is 8.42 Å². The smallest absolute Gasteiger partial charge is 0.271 e. The molecule has 108 valence electrons. The lowest BCUT2D eigenvalue weighted by molar-refractivity contribution is 0.603. The Morgan fingerprint density at radius 2 is 2.00 bits per heavy atom. The Bertz CT molecular complexity index is 900. The summed E-state index contributed by atoms with van der Waals surface area (Å²) in [4.78, 5) is 4.22. The largest absolute Gasteiger partial charge is 0.277 e. The van der Waals surface area contributed by atoms with E-state index in [0.717, 1.165) is 16.7 Å². The molecule has 3 aromatic rings. The summed E-state index contributed by atoms with van der Waals surface area (Å²) in [5.74, 6) is 0. The third-order valence-corrected chi connectivity index (χ3v) is 7.08. The van der Waals surface area contributed by atoms with Gasteiger partial charge >= 0.3 is 0 Å². The van der Waals surface area contributed by atoms with Gasteiger partial charge in [-0.25, -0.2) is 8.42 Å². The molecule has 2 heterocycles. The van der Waals surface area contributed by atoms with Crippen molar-refractivity contribution in [1.29, 1.82) is 0 Å². The molecule has 0 bridgehead atoms. The van der Waals surface area contributed by atoms with Crippen LogP contribution in [-0.4, -0.2) is 13.4 Å². The Hall–Kier alpha value is -1.15. The number of rotatable bonds is 3. The van der Waals surface area contributed by atoms with E-state index in [0.29, 0.717) is 20.0 Å². The molecule has 0 unspecified atom stereocenters. The molecule has 0 radical (unpaired) electrons. The molecule has 0 aliphatic carbocycles. The van der Waals surface area contributed by atoms with Gasteiger partial charge in [-0.15, -0.1) is 11.3 Å². The lowest BCUT2D eigenvalue weighted by Crippen LogP contribution is -2.11. The number of nitrogens with zero attached hydrogens (tertiary/aromatic N) is 1. The molecule has 1 aromatic carbocycles. The summed E-state index contributed by atoms with van der Waals surface area (Å²) >= 11 is 10.2. The van der Waals surface area contributed by atoms with E-state index in [-0.39, 0.29) is 4.21 Å². The van der Waals surface area contributed by atoms with E-state index in [1.165, 1.54) is 6.07 Å². The Kier molecular flexibility index (Phi) is 3.92. The Labute approximate surface area is 139 Å². The van der Waals surface area contributed by atoms with Crippen molar-refractivity contribution in [3.8, 4) is 0 Å². The van der Waals surface area contributed by atoms with Gasteiger partial charge in [0.05, 0.1) is 20.0 Å². The number of pyridine rings is 1. The Morgan fingerprint density at radius 1 is 1.24 bits per heavy atom. The topological polar surface area (TPSA) is 59.1 Å². The lowest BCUT2D eigenvalue weighted by Gasteiger charge is -2.08. The minimum atomic E-state index is -3.69. The van der Waals surface area contributed by atoms with Gasteiger partial charge in [-0.2, -0.15) is 0 Å². The van der Waals surface area contributed by atoms with Gasteiger partial charge in [0.1, 0.15) is 4.21 Å². The van der Waals surface area contributed by atoms with Crippen LogP contribution in [0.2, 0.25) is 5.02 Å².